The number of rotatable bonds is 3. The molecular formula is C14H20N4O3. The van der Waals surface area contributed by atoms with Gasteiger partial charge in [-0.2, -0.15) is 0 Å². The van der Waals surface area contributed by atoms with Gasteiger partial charge in [-0.1, -0.05) is 5.16 Å². The zero-order valence-corrected chi connectivity index (χ0v) is 12.1. The molecule has 1 unspecified atom stereocenters. The molecule has 114 valence electrons. The lowest BCUT2D eigenvalue weighted by Gasteiger charge is -2.31. The number of aromatic nitrogens is 1. The number of hydrogen-bond donors (Lipinski definition) is 2. The zero-order valence-electron chi connectivity index (χ0n) is 12.1. The third kappa shape index (κ3) is 3.53. The highest BCUT2D eigenvalue weighted by Crippen LogP contribution is 2.22. The molecule has 0 radical (unpaired) electrons. The number of aryl methyl sites for hydroxylation is 1. The number of carbonyl (C=O) groups excluding carboxylic acids is 2. The van der Waals surface area contributed by atoms with Gasteiger partial charge in [-0.3, -0.25) is 4.79 Å². The first kappa shape index (κ1) is 13.9. The first-order valence-corrected chi connectivity index (χ1v) is 7.41. The lowest BCUT2D eigenvalue weighted by Crippen LogP contribution is -2.48. The van der Waals surface area contributed by atoms with Crippen molar-refractivity contribution in [3.8, 4) is 0 Å². The monoisotopic (exact) mass is 292 g/mol. The second kappa shape index (κ2) is 5.75. The molecular weight excluding hydrogens is 272 g/mol. The standard InChI is InChI=1S/C14H20N4O3/c1-9-7-12(17-21-9)16-13(19)10-3-2-6-18(8-10)14(20)15-11-4-5-11/h7,10-11H,2-6,8H2,1H3,(H,15,20)(H,16,17,19). The number of nitrogens with one attached hydrogen (secondary N) is 2. The summed E-state index contributed by atoms with van der Waals surface area (Å²) >= 11 is 0. The maximum Gasteiger partial charge on any atom is 0.317 e. The number of hydrogen-bond acceptors (Lipinski definition) is 4. The summed E-state index contributed by atoms with van der Waals surface area (Å²) in [5, 5.41) is 9.46. The van der Waals surface area contributed by atoms with Crippen LogP contribution in [0.4, 0.5) is 10.6 Å². The number of urea groups is 1. The number of anilines is 1. The number of likely N-dealkylation sites (tertiary alicyclic amines) is 1. The fourth-order valence-electron chi connectivity index (χ4n) is 2.52. The molecule has 2 N–H and O–H groups in total. The van der Waals surface area contributed by atoms with Crippen LogP contribution in [0.15, 0.2) is 10.6 Å². The van der Waals surface area contributed by atoms with Gasteiger partial charge in [-0.25, -0.2) is 4.79 Å². The van der Waals surface area contributed by atoms with Crippen LogP contribution in [0.2, 0.25) is 0 Å². The van der Waals surface area contributed by atoms with Gasteiger partial charge < -0.3 is 20.1 Å². The van der Waals surface area contributed by atoms with E-state index in [1.54, 1.807) is 17.9 Å². The molecule has 1 aliphatic carbocycles. The number of piperidine rings is 1. The molecule has 2 heterocycles. The predicted molar refractivity (Wildman–Crippen MR) is 75.7 cm³/mol. The van der Waals surface area contributed by atoms with E-state index in [9.17, 15) is 9.59 Å². The molecule has 2 fully saturated rings. The Labute approximate surface area is 123 Å². The van der Waals surface area contributed by atoms with Gasteiger partial charge in [-0.15, -0.1) is 0 Å². The molecule has 1 aromatic rings. The SMILES string of the molecule is Cc1cc(NC(=O)C2CCCN(C(=O)NC3CC3)C2)no1. The molecule has 1 saturated carbocycles. The minimum atomic E-state index is -0.194. The van der Waals surface area contributed by atoms with E-state index in [-0.39, 0.29) is 17.9 Å². The Balaban J connectivity index is 1.54. The molecule has 0 bridgehead atoms. The topological polar surface area (TPSA) is 87.5 Å². The Kier molecular flexibility index (Phi) is 3.81. The Morgan fingerprint density at radius 1 is 1.38 bits per heavy atom. The van der Waals surface area contributed by atoms with Gasteiger partial charge in [0.25, 0.3) is 0 Å². The highest BCUT2D eigenvalue weighted by atomic mass is 16.5. The van der Waals surface area contributed by atoms with Gasteiger partial charge in [-0.05, 0) is 32.6 Å². The minimum Gasteiger partial charge on any atom is -0.360 e. The molecule has 1 atom stereocenters. The summed E-state index contributed by atoms with van der Waals surface area (Å²) in [5.74, 6) is 0.782. The van der Waals surface area contributed by atoms with Crippen LogP contribution in [0.25, 0.3) is 0 Å². The predicted octanol–water partition coefficient (Wildman–Crippen LogP) is 1.51. The second-order valence-electron chi connectivity index (χ2n) is 5.82. The third-order valence-electron chi connectivity index (χ3n) is 3.86. The normalized spacial score (nSPS) is 22.0. The Morgan fingerprint density at radius 2 is 2.19 bits per heavy atom. The first-order valence-electron chi connectivity index (χ1n) is 7.41. The van der Waals surface area contributed by atoms with E-state index in [1.165, 1.54) is 0 Å². The van der Waals surface area contributed by atoms with Crippen LogP contribution >= 0.6 is 0 Å². The lowest BCUT2D eigenvalue weighted by molar-refractivity contribution is -0.121. The van der Waals surface area contributed by atoms with Crippen molar-refractivity contribution < 1.29 is 14.1 Å². The van der Waals surface area contributed by atoms with E-state index < -0.39 is 0 Å². The molecule has 0 spiro atoms. The average Bonchev–Trinajstić information content (AvgIpc) is 3.20. The van der Waals surface area contributed by atoms with Crippen molar-refractivity contribution in [2.75, 3.05) is 18.4 Å². The van der Waals surface area contributed by atoms with Crippen LogP contribution in [0, 0.1) is 12.8 Å². The molecule has 7 nitrogen and oxygen atoms in total. The Hall–Kier alpha value is -2.05. The van der Waals surface area contributed by atoms with Crippen LogP contribution in [-0.4, -0.2) is 41.1 Å². The van der Waals surface area contributed by atoms with Crippen LogP contribution in [0.3, 0.4) is 0 Å². The Bertz CT molecular complexity index is 538. The van der Waals surface area contributed by atoms with Gasteiger partial charge in [0, 0.05) is 25.2 Å². The summed E-state index contributed by atoms with van der Waals surface area (Å²) in [5.41, 5.74) is 0. The van der Waals surface area contributed by atoms with Crippen LogP contribution in [-0.2, 0) is 4.79 Å². The average molecular weight is 292 g/mol. The molecule has 2 aliphatic rings. The van der Waals surface area contributed by atoms with Crippen molar-refractivity contribution in [1.29, 1.82) is 0 Å². The number of amides is 3. The van der Waals surface area contributed by atoms with Gasteiger partial charge in [0.05, 0.1) is 5.92 Å². The lowest BCUT2D eigenvalue weighted by atomic mass is 9.97. The maximum absolute atomic E-state index is 12.2. The summed E-state index contributed by atoms with van der Waals surface area (Å²) in [7, 11) is 0. The van der Waals surface area contributed by atoms with Crippen molar-refractivity contribution >= 4 is 17.8 Å². The summed E-state index contributed by atoms with van der Waals surface area (Å²) in [6.07, 6.45) is 3.76. The zero-order chi connectivity index (χ0) is 14.8. The second-order valence-corrected chi connectivity index (χ2v) is 5.82. The molecule has 3 amide bonds. The molecule has 1 saturated heterocycles. The van der Waals surface area contributed by atoms with E-state index in [4.69, 9.17) is 4.52 Å². The smallest absolute Gasteiger partial charge is 0.317 e. The number of carbonyl (C=O) groups is 2. The molecule has 0 aromatic carbocycles. The quantitative estimate of drug-likeness (QED) is 0.884. The van der Waals surface area contributed by atoms with E-state index in [1.807, 2.05) is 0 Å². The van der Waals surface area contributed by atoms with Gasteiger partial charge in [0.15, 0.2) is 5.82 Å². The summed E-state index contributed by atoms with van der Waals surface area (Å²) in [6.45, 7) is 2.94. The van der Waals surface area contributed by atoms with E-state index in [0.717, 1.165) is 25.7 Å². The highest BCUT2D eigenvalue weighted by molar-refractivity contribution is 5.92. The van der Waals surface area contributed by atoms with Gasteiger partial charge in [0.1, 0.15) is 5.76 Å². The van der Waals surface area contributed by atoms with Crippen LogP contribution < -0.4 is 10.6 Å². The molecule has 1 aliphatic heterocycles. The van der Waals surface area contributed by atoms with Gasteiger partial charge >= 0.3 is 6.03 Å². The van der Waals surface area contributed by atoms with Crippen molar-refractivity contribution in [1.82, 2.24) is 15.4 Å². The fraction of sp³-hybridized carbons (Fsp3) is 0.643. The number of nitrogens with zero attached hydrogens (tertiary/aromatic N) is 2. The van der Waals surface area contributed by atoms with E-state index >= 15 is 0 Å². The highest BCUT2D eigenvalue weighted by Gasteiger charge is 2.31. The van der Waals surface area contributed by atoms with Gasteiger partial charge in [0.2, 0.25) is 5.91 Å². The van der Waals surface area contributed by atoms with Crippen molar-refractivity contribution in [3.63, 3.8) is 0 Å². The summed E-state index contributed by atoms with van der Waals surface area (Å²) in [4.78, 5) is 26.0. The molecule has 21 heavy (non-hydrogen) atoms. The van der Waals surface area contributed by atoms with Crippen LogP contribution in [0.1, 0.15) is 31.4 Å². The van der Waals surface area contributed by atoms with Crippen molar-refractivity contribution in [2.24, 2.45) is 5.92 Å². The van der Waals surface area contributed by atoms with Crippen LogP contribution in [0.5, 0.6) is 0 Å². The molecule has 1 aromatic heterocycles. The first-order chi connectivity index (χ1) is 10.1. The van der Waals surface area contributed by atoms with E-state index in [0.29, 0.717) is 30.7 Å². The van der Waals surface area contributed by atoms with E-state index in [2.05, 4.69) is 15.8 Å². The third-order valence-corrected chi connectivity index (χ3v) is 3.86. The van der Waals surface area contributed by atoms with Crippen molar-refractivity contribution in [3.05, 3.63) is 11.8 Å². The Morgan fingerprint density at radius 3 is 2.86 bits per heavy atom. The summed E-state index contributed by atoms with van der Waals surface area (Å²) < 4.78 is 4.92. The molecule has 3 rings (SSSR count). The largest absolute Gasteiger partial charge is 0.360 e. The fourth-order valence-corrected chi connectivity index (χ4v) is 2.52. The minimum absolute atomic E-state index is 0.0488. The summed E-state index contributed by atoms with van der Waals surface area (Å²) in [6, 6.07) is 1.97. The maximum atomic E-state index is 12.2. The molecule has 7 heteroatoms. The van der Waals surface area contributed by atoms with Crippen molar-refractivity contribution in [2.45, 2.75) is 38.6 Å².